The Labute approximate surface area is 130 Å². The first kappa shape index (κ1) is 17.8. The fourth-order valence-electron chi connectivity index (χ4n) is 1.88. The molecule has 1 aromatic carbocycles. The summed E-state index contributed by atoms with van der Waals surface area (Å²) in [6, 6.07) is 6.72. The van der Waals surface area contributed by atoms with E-state index in [-0.39, 0.29) is 6.54 Å². The summed E-state index contributed by atoms with van der Waals surface area (Å²) in [7, 11) is -11.0. The number of rotatable bonds is 5. The Balaban J connectivity index is 2.38. The second-order valence-corrected chi connectivity index (χ2v) is 10.8. The van der Waals surface area contributed by atoms with E-state index in [2.05, 4.69) is 0 Å². The number of aryl methyl sites for hydroxylation is 1. The Morgan fingerprint density at radius 2 is 1.64 bits per heavy atom. The normalized spacial score (nSPS) is 13.7. The van der Waals surface area contributed by atoms with E-state index in [0.29, 0.717) is 5.39 Å². The van der Waals surface area contributed by atoms with Gasteiger partial charge in [0.1, 0.15) is 0 Å². The molecule has 12 heteroatoms. The van der Waals surface area contributed by atoms with E-state index in [1.807, 2.05) is 0 Å². The maximum atomic E-state index is 12.1. The number of benzene rings is 1. The average Bonchev–Trinajstić information content (AvgIpc) is 2.71. The van der Waals surface area contributed by atoms with Crippen LogP contribution in [0.1, 0.15) is 6.42 Å². The van der Waals surface area contributed by atoms with E-state index >= 15 is 0 Å². The summed E-state index contributed by atoms with van der Waals surface area (Å²) >= 11 is -0.474. The number of aromatic nitrogens is 1. The molecule has 0 fully saturated rings. The van der Waals surface area contributed by atoms with Gasteiger partial charge in [-0.2, -0.15) is 0 Å². The molecule has 1 aromatic heterocycles. The van der Waals surface area contributed by atoms with Crippen molar-refractivity contribution in [1.82, 2.24) is 3.56 Å². The van der Waals surface area contributed by atoms with Gasteiger partial charge in [-0.05, 0) is 0 Å². The van der Waals surface area contributed by atoms with Gasteiger partial charge in [-0.15, -0.1) is 0 Å². The first-order chi connectivity index (χ1) is 9.97. The van der Waals surface area contributed by atoms with Crippen LogP contribution in [-0.2, 0) is 15.7 Å². The van der Waals surface area contributed by atoms with Crippen LogP contribution in [0, 0.1) is 0 Å². The summed E-state index contributed by atoms with van der Waals surface area (Å²) in [6.07, 6.45) is -0.928. The number of hydrogen-bond acceptors (Lipinski definition) is 4. The van der Waals surface area contributed by atoms with Crippen LogP contribution >= 0.6 is 15.2 Å². The van der Waals surface area contributed by atoms with Crippen molar-refractivity contribution in [3.63, 3.8) is 0 Å². The summed E-state index contributed by atoms with van der Waals surface area (Å²) in [4.78, 5) is 48.3. The van der Waals surface area contributed by atoms with E-state index < -0.39 is 47.0 Å². The predicted octanol–water partition coefficient (Wildman–Crippen LogP) is -0.550. The predicted molar refractivity (Wildman–Crippen MR) is 78.8 cm³/mol. The zero-order chi connectivity index (χ0) is 16.8. The van der Waals surface area contributed by atoms with Gasteiger partial charge in [0.15, 0.2) is 0 Å². The molecule has 0 aliphatic rings. The topological polar surface area (TPSA) is 157 Å². The fourth-order valence-corrected chi connectivity index (χ4v) is 6.10. The Hall–Kier alpha value is -0.531. The third-order valence-corrected chi connectivity index (χ3v) is 9.37. The van der Waals surface area contributed by atoms with Gasteiger partial charge < -0.3 is 0 Å². The van der Waals surface area contributed by atoms with E-state index in [4.69, 9.17) is 19.6 Å². The zero-order valence-corrected chi connectivity index (χ0v) is 14.4. The quantitative estimate of drug-likeness (QED) is 0.321. The standard InChI is InChI=1S/C10H13NO8P2Se/c12-9-7-3-1-2-4-8(7)22-11(9)6-5-10(13,20(14,15)16)21(17,18)19/h1-4,13H,5-6H2,(H2,14,15,16)(H2,17,18,19). The first-order valence-electron chi connectivity index (χ1n) is 5.90. The van der Waals surface area contributed by atoms with Crippen LogP contribution in [0.4, 0.5) is 0 Å². The number of nitrogens with zero attached hydrogens (tertiary/aromatic N) is 1. The van der Waals surface area contributed by atoms with E-state index in [1.54, 1.807) is 24.3 Å². The van der Waals surface area contributed by atoms with Crippen molar-refractivity contribution < 1.29 is 33.8 Å². The molecule has 122 valence electrons. The van der Waals surface area contributed by atoms with E-state index in [0.717, 1.165) is 4.26 Å². The number of fused-ring (bicyclic) bond motifs is 1. The molecule has 0 amide bonds. The molecular formula is C10H13NO8P2Se. The Morgan fingerprint density at radius 3 is 2.14 bits per heavy atom. The molecular weight excluding hydrogens is 403 g/mol. The molecule has 0 saturated carbocycles. The molecule has 0 aliphatic carbocycles. The molecule has 2 aromatic rings. The maximum absolute atomic E-state index is 12.1. The Kier molecular flexibility index (Phi) is 4.72. The van der Waals surface area contributed by atoms with Gasteiger partial charge in [-0.25, -0.2) is 0 Å². The number of hydrogen-bond donors (Lipinski definition) is 5. The summed E-state index contributed by atoms with van der Waals surface area (Å²) in [5.74, 6) is 0. The molecule has 0 unspecified atom stereocenters. The zero-order valence-electron chi connectivity index (χ0n) is 10.9. The van der Waals surface area contributed by atoms with E-state index in [9.17, 15) is 19.0 Å². The molecule has 0 radical (unpaired) electrons. The fraction of sp³-hybridized carbons (Fsp3) is 0.300. The van der Waals surface area contributed by atoms with Crippen LogP contribution in [0.15, 0.2) is 29.1 Å². The first-order valence-corrected chi connectivity index (χ1v) is 10.7. The van der Waals surface area contributed by atoms with Gasteiger partial charge >= 0.3 is 130 Å². The molecule has 0 atom stereocenters. The van der Waals surface area contributed by atoms with Crippen molar-refractivity contribution in [2.24, 2.45) is 0 Å². The minimum atomic E-state index is -5.50. The van der Waals surface area contributed by atoms with Crippen molar-refractivity contribution >= 4 is 39.6 Å². The molecule has 9 nitrogen and oxygen atoms in total. The molecule has 0 aliphatic heterocycles. The molecule has 5 N–H and O–H groups in total. The van der Waals surface area contributed by atoms with Gasteiger partial charge in [-0.1, -0.05) is 0 Å². The summed E-state index contributed by atoms with van der Waals surface area (Å²) in [6.45, 7) is -0.375. The Bertz CT molecular complexity index is 824. The Morgan fingerprint density at radius 1 is 1.09 bits per heavy atom. The monoisotopic (exact) mass is 417 g/mol. The second kappa shape index (κ2) is 5.83. The van der Waals surface area contributed by atoms with Crippen molar-refractivity contribution in [2.45, 2.75) is 18.0 Å². The van der Waals surface area contributed by atoms with Crippen molar-refractivity contribution in [3.8, 4) is 0 Å². The van der Waals surface area contributed by atoms with Crippen LogP contribution in [0.2, 0.25) is 0 Å². The molecule has 2 rings (SSSR count). The van der Waals surface area contributed by atoms with Gasteiger partial charge in [0.2, 0.25) is 0 Å². The number of aliphatic hydroxyl groups is 1. The van der Waals surface area contributed by atoms with Gasteiger partial charge in [0.25, 0.3) is 0 Å². The molecule has 22 heavy (non-hydrogen) atoms. The van der Waals surface area contributed by atoms with Gasteiger partial charge in [0.05, 0.1) is 0 Å². The molecule has 0 spiro atoms. The summed E-state index contributed by atoms with van der Waals surface area (Å²) in [5.41, 5.74) is -0.394. The molecule has 0 saturated heterocycles. The molecule has 1 heterocycles. The van der Waals surface area contributed by atoms with Crippen LogP contribution in [0.25, 0.3) is 9.65 Å². The third kappa shape index (κ3) is 3.08. The van der Waals surface area contributed by atoms with Gasteiger partial charge in [-0.3, -0.25) is 0 Å². The van der Waals surface area contributed by atoms with Crippen molar-refractivity contribution in [3.05, 3.63) is 34.6 Å². The van der Waals surface area contributed by atoms with Gasteiger partial charge in [0, 0.05) is 0 Å². The SMILES string of the molecule is O=c1c2ccccc2[se]n1CCC(O)(P(=O)(O)O)P(=O)(O)O. The van der Waals surface area contributed by atoms with Crippen LogP contribution in [0.5, 0.6) is 0 Å². The second-order valence-electron chi connectivity index (χ2n) is 4.61. The van der Waals surface area contributed by atoms with Crippen LogP contribution in [0.3, 0.4) is 0 Å². The van der Waals surface area contributed by atoms with E-state index in [1.165, 1.54) is 3.56 Å². The minimum absolute atomic E-state index is 0.375. The molecule has 0 bridgehead atoms. The third-order valence-electron chi connectivity index (χ3n) is 3.14. The average molecular weight is 416 g/mol. The van der Waals surface area contributed by atoms with Crippen molar-refractivity contribution in [1.29, 1.82) is 0 Å². The summed E-state index contributed by atoms with van der Waals surface area (Å²) < 4.78 is 24.5. The summed E-state index contributed by atoms with van der Waals surface area (Å²) in [5, 5.41) is 6.74. The van der Waals surface area contributed by atoms with Crippen molar-refractivity contribution in [2.75, 3.05) is 0 Å². The van der Waals surface area contributed by atoms with Crippen LogP contribution < -0.4 is 5.56 Å². The van der Waals surface area contributed by atoms with Crippen LogP contribution in [-0.4, -0.2) is 48.1 Å².